The lowest BCUT2D eigenvalue weighted by molar-refractivity contribution is -0.134. The molecule has 2 aliphatic rings. The zero-order valence-electron chi connectivity index (χ0n) is 18.7. The van der Waals surface area contributed by atoms with Gasteiger partial charge in [-0.15, -0.1) is 11.8 Å². The first-order chi connectivity index (χ1) is 16.9. The molecule has 2 heterocycles. The van der Waals surface area contributed by atoms with E-state index in [4.69, 9.17) is 9.84 Å². The van der Waals surface area contributed by atoms with Crippen molar-refractivity contribution in [1.82, 2.24) is 21.3 Å². The fraction of sp³-hybridized carbons (Fsp3) is 0.250. The summed E-state index contributed by atoms with van der Waals surface area (Å²) in [4.78, 5) is 48.8. The molecule has 0 bridgehead atoms. The maximum atomic E-state index is 12.8. The molecule has 182 valence electrons. The van der Waals surface area contributed by atoms with Crippen molar-refractivity contribution in [3.05, 3.63) is 76.2 Å². The standard InChI is InChI=1S/C24H24N4O6S/c1-34-17-4-2-3-13(9-17)10-25-22(31)19-27-21(30)18-16(12-35-23(18)28-19)11-26-20(29)14-5-7-15(8-6-14)24(32)33/h2-9,12,18-19,23,28H,10-11H2,1H3,(H,25,31)(H,26,29)(H,27,30)(H,32,33). The summed E-state index contributed by atoms with van der Waals surface area (Å²) in [5.74, 6) is -1.95. The summed E-state index contributed by atoms with van der Waals surface area (Å²) in [6.45, 7) is 0.434. The molecule has 0 radical (unpaired) electrons. The molecule has 1 fully saturated rings. The smallest absolute Gasteiger partial charge is 0.335 e. The number of ether oxygens (including phenoxy) is 1. The van der Waals surface area contributed by atoms with Crippen molar-refractivity contribution in [3.8, 4) is 5.75 Å². The summed E-state index contributed by atoms with van der Waals surface area (Å²) in [5, 5.41) is 21.9. The number of carboxylic acids is 1. The van der Waals surface area contributed by atoms with Gasteiger partial charge in [-0.1, -0.05) is 12.1 Å². The van der Waals surface area contributed by atoms with E-state index in [-0.39, 0.29) is 41.7 Å². The van der Waals surface area contributed by atoms with Crippen LogP contribution in [0.3, 0.4) is 0 Å². The third kappa shape index (κ3) is 5.64. The predicted octanol–water partition coefficient (Wildman–Crippen LogP) is 1.06. The van der Waals surface area contributed by atoms with Gasteiger partial charge in [-0.3, -0.25) is 19.7 Å². The number of hydrogen-bond donors (Lipinski definition) is 5. The second-order valence-corrected chi connectivity index (χ2v) is 8.99. The molecule has 3 amide bonds. The molecule has 2 aliphatic heterocycles. The summed E-state index contributed by atoms with van der Waals surface area (Å²) in [6.07, 6.45) is -0.878. The van der Waals surface area contributed by atoms with Crippen LogP contribution in [0.5, 0.6) is 5.75 Å². The first-order valence-electron chi connectivity index (χ1n) is 10.8. The van der Waals surface area contributed by atoms with Gasteiger partial charge in [0.1, 0.15) is 5.75 Å². The Labute approximate surface area is 205 Å². The van der Waals surface area contributed by atoms with Gasteiger partial charge in [0, 0.05) is 18.7 Å². The number of rotatable bonds is 8. The molecule has 10 nitrogen and oxygen atoms in total. The zero-order valence-corrected chi connectivity index (χ0v) is 19.6. The summed E-state index contributed by atoms with van der Waals surface area (Å²) < 4.78 is 5.18. The van der Waals surface area contributed by atoms with Crippen LogP contribution in [0.15, 0.2) is 59.5 Å². The number of carboxylic acid groups (broad SMARTS) is 1. The van der Waals surface area contributed by atoms with Gasteiger partial charge in [0.2, 0.25) is 5.91 Å². The number of fused-ring (bicyclic) bond motifs is 1. The van der Waals surface area contributed by atoms with E-state index in [0.29, 0.717) is 11.3 Å². The summed E-state index contributed by atoms with van der Waals surface area (Å²) >= 11 is 1.38. The van der Waals surface area contributed by atoms with Gasteiger partial charge < -0.3 is 25.8 Å². The molecule has 1 saturated heterocycles. The number of aromatic carboxylic acids is 1. The Morgan fingerprint density at radius 2 is 1.80 bits per heavy atom. The van der Waals surface area contributed by atoms with Crippen molar-refractivity contribution in [3.63, 3.8) is 0 Å². The maximum Gasteiger partial charge on any atom is 0.335 e. The van der Waals surface area contributed by atoms with Crippen LogP contribution in [0.1, 0.15) is 26.3 Å². The molecule has 2 aromatic rings. The minimum atomic E-state index is -1.07. The van der Waals surface area contributed by atoms with Gasteiger partial charge in [-0.2, -0.15) is 0 Å². The molecule has 2 aromatic carbocycles. The van der Waals surface area contributed by atoms with Crippen molar-refractivity contribution in [2.24, 2.45) is 5.92 Å². The summed E-state index contributed by atoms with van der Waals surface area (Å²) in [7, 11) is 1.57. The average molecular weight is 497 g/mol. The fourth-order valence-electron chi connectivity index (χ4n) is 3.80. The highest BCUT2D eigenvalue weighted by Crippen LogP contribution is 2.36. The molecular weight excluding hydrogens is 472 g/mol. The minimum Gasteiger partial charge on any atom is -0.497 e. The van der Waals surface area contributed by atoms with Crippen LogP contribution in [0.4, 0.5) is 0 Å². The Morgan fingerprint density at radius 1 is 1.06 bits per heavy atom. The van der Waals surface area contributed by atoms with Crippen LogP contribution < -0.4 is 26.0 Å². The van der Waals surface area contributed by atoms with E-state index >= 15 is 0 Å². The second-order valence-electron chi connectivity index (χ2n) is 7.97. The number of carbonyl (C=O) groups excluding carboxylic acids is 3. The Morgan fingerprint density at radius 3 is 2.51 bits per heavy atom. The molecular formula is C24H24N4O6S. The van der Waals surface area contributed by atoms with Crippen molar-refractivity contribution >= 4 is 35.5 Å². The largest absolute Gasteiger partial charge is 0.497 e. The monoisotopic (exact) mass is 496 g/mol. The molecule has 3 unspecified atom stereocenters. The minimum absolute atomic E-state index is 0.0892. The van der Waals surface area contributed by atoms with E-state index in [2.05, 4.69) is 21.3 Å². The van der Waals surface area contributed by atoms with E-state index in [1.807, 2.05) is 29.7 Å². The third-order valence-corrected chi connectivity index (χ3v) is 6.82. The highest BCUT2D eigenvalue weighted by atomic mass is 32.2. The maximum absolute atomic E-state index is 12.8. The van der Waals surface area contributed by atoms with E-state index in [1.54, 1.807) is 7.11 Å². The quantitative estimate of drug-likeness (QED) is 0.365. The number of methoxy groups -OCH3 is 1. The van der Waals surface area contributed by atoms with Gasteiger partial charge in [0.05, 0.1) is 24.0 Å². The lowest BCUT2D eigenvalue weighted by Gasteiger charge is -2.33. The van der Waals surface area contributed by atoms with Crippen molar-refractivity contribution < 1.29 is 29.0 Å². The summed E-state index contributed by atoms with van der Waals surface area (Å²) in [5.41, 5.74) is 1.99. The Hall–Kier alpha value is -3.83. The van der Waals surface area contributed by atoms with Gasteiger partial charge in [-0.25, -0.2) is 4.79 Å². The number of carbonyl (C=O) groups is 4. The first-order valence-corrected chi connectivity index (χ1v) is 11.7. The summed E-state index contributed by atoms with van der Waals surface area (Å²) in [6, 6.07) is 12.9. The molecule has 11 heteroatoms. The number of benzene rings is 2. The number of hydrogen-bond acceptors (Lipinski definition) is 7. The lowest BCUT2D eigenvalue weighted by Crippen LogP contribution is -2.64. The Bertz CT molecular complexity index is 1180. The lowest BCUT2D eigenvalue weighted by atomic mass is 9.96. The van der Waals surface area contributed by atoms with Gasteiger partial charge in [0.15, 0.2) is 6.17 Å². The molecule has 35 heavy (non-hydrogen) atoms. The Balaban J connectivity index is 1.29. The average Bonchev–Trinajstić information content (AvgIpc) is 3.29. The Kier molecular flexibility index (Phi) is 7.37. The second kappa shape index (κ2) is 10.6. The number of nitrogens with one attached hydrogen (secondary N) is 4. The van der Waals surface area contributed by atoms with Crippen LogP contribution in [-0.2, 0) is 16.1 Å². The van der Waals surface area contributed by atoms with Crippen molar-refractivity contribution in [2.75, 3.05) is 13.7 Å². The molecule has 0 aliphatic carbocycles. The van der Waals surface area contributed by atoms with Crippen LogP contribution in [0.25, 0.3) is 0 Å². The SMILES string of the molecule is COc1cccc(CNC(=O)C2NC(=O)C3C(CNC(=O)c4ccc(C(=O)O)cc4)=CSC3N2)c1. The fourth-order valence-corrected chi connectivity index (χ4v) is 5.02. The van der Waals surface area contributed by atoms with E-state index in [9.17, 15) is 19.2 Å². The molecule has 5 N–H and O–H groups in total. The molecule has 4 rings (SSSR count). The van der Waals surface area contributed by atoms with Crippen molar-refractivity contribution in [1.29, 1.82) is 0 Å². The van der Waals surface area contributed by atoms with Crippen LogP contribution in [-0.4, -0.2) is 54.0 Å². The highest BCUT2D eigenvalue weighted by molar-refractivity contribution is 8.03. The van der Waals surface area contributed by atoms with Gasteiger partial charge >= 0.3 is 5.97 Å². The number of thioether (sulfide) groups is 1. The third-order valence-electron chi connectivity index (χ3n) is 5.68. The molecule has 0 saturated carbocycles. The van der Waals surface area contributed by atoms with Crippen LogP contribution in [0, 0.1) is 5.92 Å². The van der Waals surface area contributed by atoms with E-state index < -0.39 is 18.1 Å². The van der Waals surface area contributed by atoms with Crippen molar-refractivity contribution in [2.45, 2.75) is 18.1 Å². The molecule has 0 aromatic heterocycles. The molecule has 3 atom stereocenters. The van der Waals surface area contributed by atoms with Gasteiger partial charge in [-0.05, 0) is 52.9 Å². The van der Waals surface area contributed by atoms with E-state index in [0.717, 1.165) is 11.1 Å². The molecule has 0 spiro atoms. The van der Waals surface area contributed by atoms with Gasteiger partial charge in [0.25, 0.3) is 11.8 Å². The van der Waals surface area contributed by atoms with Crippen LogP contribution >= 0.6 is 11.8 Å². The zero-order chi connectivity index (χ0) is 24.9. The first kappa shape index (κ1) is 24.3. The highest BCUT2D eigenvalue weighted by Gasteiger charge is 2.43. The topological polar surface area (TPSA) is 146 Å². The van der Waals surface area contributed by atoms with E-state index in [1.165, 1.54) is 36.0 Å². The predicted molar refractivity (Wildman–Crippen MR) is 129 cm³/mol. The van der Waals surface area contributed by atoms with Crippen LogP contribution in [0.2, 0.25) is 0 Å². The number of amides is 3. The normalized spacial score (nSPS) is 20.8.